The fraction of sp³-hybridized carbons (Fsp3) is 0.400. The first kappa shape index (κ1) is 18.4. The van der Waals surface area contributed by atoms with E-state index >= 15 is 0 Å². The molecule has 0 bridgehead atoms. The van der Waals surface area contributed by atoms with Crippen molar-refractivity contribution in [3.05, 3.63) is 40.6 Å². The number of benzene rings is 1. The number of aromatic nitrogens is 1. The molecule has 0 N–H and O–H groups in total. The number of hydrogen-bond donors (Lipinski definition) is 0. The van der Waals surface area contributed by atoms with E-state index in [1.807, 2.05) is 42.6 Å². The number of para-hydroxylation sites is 1. The number of rotatable bonds is 7. The van der Waals surface area contributed by atoms with Crippen molar-refractivity contribution in [3.63, 3.8) is 0 Å². The van der Waals surface area contributed by atoms with Gasteiger partial charge < -0.3 is 9.47 Å². The van der Waals surface area contributed by atoms with E-state index in [1.165, 1.54) is 11.3 Å². The van der Waals surface area contributed by atoms with Crippen LogP contribution in [-0.2, 0) is 16.0 Å². The average Bonchev–Trinajstić information content (AvgIpc) is 3.41. The van der Waals surface area contributed by atoms with Crippen molar-refractivity contribution < 1.29 is 14.3 Å². The van der Waals surface area contributed by atoms with Crippen LogP contribution in [0.4, 0.5) is 5.13 Å². The summed E-state index contributed by atoms with van der Waals surface area (Å²) in [5.41, 5.74) is 0.820. The summed E-state index contributed by atoms with van der Waals surface area (Å²) in [5.74, 6) is 0.824. The molecule has 27 heavy (non-hydrogen) atoms. The molecule has 1 aromatic carbocycles. The molecular weight excluding hydrogens is 380 g/mol. The largest absolute Gasteiger partial charge is 0.492 e. The molecular formula is C20H22N2O3S2. The molecule has 0 aliphatic carbocycles. The molecule has 3 heterocycles. The Balaban J connectivity index is 1.65. The number of hydrogen-bond acceptors (Lipinski definition) is 6. The third kappa shape index (κ3) is 4.15. The van der Waals surface area contributed by atoms with E-state index in [1.54, 1.807) is 16.2 Å². The summed E-state index contributed by atoms with van der Waals surface area (Å²) in [4.78, 5) is 20.7. The van der Waals surface area contributed by atoms with Crippen LogP contribution in [0.25, 0.3) is 10.2 Å². The lowest BCUT2D eigenvalue weighted by atomic mass is 10.2. The third-order valence-electron chi connectivity index (χ3n) is 4.52. The van der Waals surface area contributed by atoms with Crippen LogP contribution < -0.4 is 9.64 Å². The van der Waals surface area contributed by atoms with E-state index in [-0.39, 0.29) is 12.0 Å². The molecule has 142 valence electrons. The van der Waals surface area contributed by atoms with E-state index in [4.69, 9.17) is 14.5 Å². The second-order valence-electron chi connectivity index (χ2n) is 6.43. The molecule has 1 unspecified atom stereocenters. The Hall–Kier alpha value is -1.96. The van der Waals surface area contributed by atoms with Gasteiger partial charge in [0, 0.05) is 11.5 Å². The minimum Gasteiger partial charge on any atom is -0.492 e. The smallest absolute Gasteiger partial charge is 0.234 e. The molecule has 1 atom stereocenters. The first-order valence-corrected chi connectivity index (χ1v) is 10.9. The third-order valence-corrected chi connectivity index (χ3v) is 6.44. The van der Waals surface area contributed by atoms with Gasteiger partial charge in [0.25, 0.3) is 0 Å². The zero-order valence-electron chi connectivity index (χ0n) is 15.2. The number of carbonyl (C=O) groups is 1. The van der Waals surface area contributed by atoms with Crippen molar-refractivity contribution in [2.24, 2.45) is 0 Å². The molecule has 4 rings (SSSR count). The summed E-state index contributed by atoms with van der Waals surface area (Å²) in [6, 6.07) is 9.88. The summed E-state index contributed by atoms with van der Waals surface area (Å²) >= 11 is 3.14. The van der Waals surface area contributed by atoms with Gasteiger partial charge in [-0.1, -0.05) is 23.5 Å². The topological polar surface area (TPSA) is 51.7 Å². The Morgan fingerprint density at radius 3 is 3.04 bits per heavy atom. The lowest BCUT2D eigenvalue weighted by Gasteiger charge is -2.22. The summed E-state index contributed by atoms with van der Waals surface area (Å²) in [5, 5.41) is 2.72. The standard InChI is InChI=1S/C20H22N2O3S2/c1-2-24-16-8-3-9-17-19(16)21-20(27-17)22(13-14-6-4-10-25-14)18(23)12-15-7-5-11-26-15/h3,5,7-9,11,14H,2,4,6,10,12-13H2,1H3. The lowest BCUT2D eigenvalue weighted by Crippen LogP contribution is -2.38. The zero-order chi connectivity index (χ0) is 18.6. The van der Waals surface area contributed by atoms with Gasteiger partial charge in [-0.25, -0.2) is 4.98 Å². The minimum absolute atomic E-state index is 0.0602. The first-order valence-electron chi connectivity index (χ1n) is 9.21. The van der Waals surface area contributed by atoms with Gasteiger partial charge >= 0.3 is 0 Å². The van der Waals surface area contributed by atoms with Crippen molar-refractivity contribution in [1.29, 1.82) is 0 Å². The highest BCUT2D eigenvalue weighted by molar-refractivity contribution is 7.22. The monoisotopic (exact) mass is 402 g/mol. The van der Waals surface area contributed by atoms with Crippen LogP contribution >= 0.6 is 22.7 Å². The second-order valence-corrected chi connectivity index (χ2v) is 8.47. The predicted octanol–water partition coefficient (Wildman–Crippen LogP) is 4.51. The molecule has 2 aromatic heterocycles. The van der Waals surface area contributed by atoms with Gasteiger partial charge in [-0.15, -0.1) is 11.3 Å². The lowest BCUT2D eigenvalue weighted by molar-refractivity contribution is -0.118. The van der Waals surface area contributed by atoms with Gasteiger partial charge in [0.1, 0.15) is 11.3 Å². The Morgan fingerprint density at radius 1 is 1.37 bits per heavy atom. The van der Waals surface area contributed by atoms with Crippen molar-refractivity contribution in [3.8, 4) is 5.75 Å². The van der Waals surface area contributed by atoms with E-state index in [9.17, 15) is 4.79 Å². The normalized spacial score (nSPS) is 16.7. The molecule has 0 radical (unpaired) electrons. The van der Waals surface area contributed by atoms with Crippen molar-refractivity contribution in [2.75, 3.05) is 24.7 Å². The molecule has 1 amide bonds. The van der Waals surface area contributed by atoms with Crippen molar-refractivity contribution in [1.82, 2.24) is 4.98 Å². The quantitative estimate of drug-likeness (QED) is 0.583. The van der Waals surface area contributed by atoms with E-state index in [0.29, 0.717) is 24.7 Å². The summed E-state index contributed by atoms with van der Waals surface area (Å²) in [6.45, 7) is 3.86. The van der Waals surface area contributed by atoms with Gasteiger partial charge in [0.15, 0.2) is 5.13 Å². The highest BCUT2D eigenvalue weighted by Gasteiger charge is 2.26. The van der Waals surface area contributed by atoms with Crippen LogP contribution in [0.15, 0.2) is 35.7 Å². The maximum absolute atomic E-state index is 13.1. The van der Waals surface area contributed by atoms with Crippen molar-refractivity contribution in [2.45, 2.75) is 32.3 Å². The van der Waals surface area contributed by atoms with Gasteiger partial charge in [-0.05, 0) is 43.3 Å². The van der Waals surface area contributed by atoms with Gasteiger partial charge in [-0.2, -0.15) is 0 Å². The number of fused-ring (bicyclic) bond motifs is 1. The van der Waals surface area contributed by atoms with E-state index in [0.717, 1.165) is 40.3 Å². The summed E-state index contributed by atoms with van der Waals surface area (Å²) in [6.07, 6.45) is 2.50. The number of thiophene rings is 1. The fourth-order valence-electron chi connectivity index (χ4n) is 3.24. The highest BCUT2D eigenvalue weighted by atomic mass is 32.1. The maximum atomic E-state index is 13.1. The SMILES string of the molecule is CCOc1cccc2sc(N(CC3CCCO3)C(=O)Cc3cccs3)nc12. The van der Waals surface area contributed by atoms with Crippen molar-refractivity contribution >= 4 is 43.9 Å². The van der Waals surface area contributed by atoms with Crippen LogP contribution in [-0.4, -0.2) is 36.8 Å². The number of anilines is 1. The van der Waals surface area contributed by atoms with Gasteiger partial charge in [-0.3, -0.25) is 9.69 Å². The Bertz CT molecular complexity index is 901. The molecule has 1 aliphatic rings. The highest BCUT2D eigenvalue weighted by Crippen LogP contribution is 2.35. The van der Waals surface area contributed by atoms with Crippen LogP contribution in [0.1, 0.15) is 24.6 Å². The molecule has 7 heteroatoms. The Labute approximate surface area is 166 Å². The second kappa shape index (κ2) is 8.37. The number of nitrogens with zero attached hydrogens (tertiary/aromatic N) is 2. The van der Waals surface area contributed by atoms with Crippen LogP contribution in [0.2, 0.25) is 0 Å². The minimum atomic E-state index is 0.0602. The zero-order valence-corrected chi connectivity index (χ0v) is 16.9. The summed E-state index contributed by atoms with van der Waals surface area (Å²) in [7, 11) is 0. The number of amides is 1. The Kier molecular flexibility index (Phi) is 5.71. The van der Waals surface area contributed by atoms with Gasteiger partial charge in [0.2, 0.25) is 5.91 Å². The molecule has 1 fully saturated rings. The number of thiazole rings is 1. The van der Waals surface area contributed by atoms with E-state index < -0.39 is 0 Å². The molecule has 1 saturated heterocycles. The first-order chi connectivity index (χ1) is 13.2. The number of carbonyl (C=O) groups excluding carboxylic acids is 1. The molecule has 5 nitrogen and oxygen atoms in total. The molecule has 3 aromatic rings. The molecule has 0 saturated carbocycles. The van der Waals surface area contributed by atoms with E-state index in [2.05, 4.69) is 0 Å². The summed E-state index contributed by atoms with van der Waals surface area (Å²) < 4.78 is 12.5. The van der Waals surface area contributed by atoms with Crippen LogP contribution in [0.3, 0.4) is 0 Å². The molecule has 1 aliphatic heterocycles. The average molecular weight is 403 g/mol. The van der Waals surface area contributed by atoms with Gasteiger partial charge in [0.05, 0.1) is 30.4 Å². The number of ether oxygens (including phenoxy) is 2. The Morgan fingerprint density at radius 2 is 2.30 bits per heavy atom. The molecule has 0 spiro atoms. The van der Waals surface area contributed by atoms with Crippen LogP contribution in [0, 0.1) is 0 Å². The fourth-order valence-corrected chi connectivity index (χ4v) is 4.94. The van der Waals surface area contributed by atoms with Crippen LogP contribution in [0.5, 0.6) is 5.75 Å². The predicted molar refractivity (Wildman–Crippen MR) is 110 cm³/mol. The maximum Gasteiger partial charge on any atom is 0.234 e.